The van der Waals surface area contributed by atoms with Crippen molar-refractivity contribution in [2.75, 3.05) is 6.61 Å². The van der Waals surface area contributed by atoms with Gasteiger partial charge in [-0.05, 0) is 51.5 Å². The molecule has 1 amide bonds. The molecule has 0 radical (unpaired) electrons. The van der Waals surface area contributed by atoms with Crippen LogP contribution in [-0.4, -0.2) is 18.1 Å². The van der Waals surface area contributed by atoms with Crippen LogP contribution in [0, 0.1) is 0 Å². The van der Waals surface area contributed by atoms with Crippen molar-refractivity contribution >= 4 is 5.91 Å². The van der Waals surface area contributed by atoms with Crippen LogP contribution in [0.3, 0.4) is 0 Å². The molecule has 0 fully saturated rings. The zero-order chi connectivity index (χ0) is 14.3. The van der Waals surface area contributed by atoms with E-state index >= 15 is 0 Å². The molecule has 2 N–H and O–H groups in total. The van der Waals surface area contributed by atoms with Gasteiger partial charge < -0.3 is 4.74 Å². The van der Waals surface area contributed by atoms with Crippen molar-refractivity contribution in [1.82, 2.24) is 10.9 Å². The van der Waals surface area contributed by atoms with Crippen molar-refractivity contribution in [2.24, 2.45) is 0 Å². The highest BCUT2D eigenvalue weighted by Crippen LogP contribution is 2.12. The molecular formula is C15H24N2O2. The van der Waals surface area contributed by atoms with Crippen molar-refractivity contribution in [3.63, 3.8) is 0 Å². The third-order valence-corrected chi connectivity index (χ3v) is 2.43. The molecular weight excluding hydrogens is 240 g/mol. The first kappa shape index (κ1) is 15.5. The number of rotatable bonds is 6. The van der Waals surface area contributed by atoms with Crippen LogP contribution in [0.2, 0.25) is 0 Å². The Kier molecular flexibility index (Phi) is 5.83. The van der Waals surface area contributed by atoms with E-state index in [1.807, 2.05) is 32.9 Å². The van der Waals surface area contributed by atoms with Gasteiger partial charge in [0, 0.05) is 11.1 Å². The van der Waals surface area contributed by atoms with E-state index in [1.165, 1.54) is 0 Å². The number of hydrogen-bond acceptors (Lipinski definition) is 3. The number of hydrazine groups is 1. The molecule has 4 heteroatoms. The lowest BCUT2D eigenvalue weighted by molar-refractivity contribution is 0.0914. The second kappa shape index (κ2) is 7.14. The molecule has 0 aromatic heterocycles. The van der Waals surface area contributed by atoms with Crippen LogP contribution in [0.25, 0.3) is 0 Å². The van der Waals surface area contributed by atoms with Gasteiger partial charge in [-0.1, -0.05) is 13.3 Å². The first-order valence-electron chi connectivity index (χ1n) is 6.73. The van der Waals surface area contributed by atoms with Crippen molar-refractivity contribution in [2.45, 2.75) is 46.1 Å². The predicted molar refractivity (Wildman–Crippen MR) is 77.2 cm³/mol. The highest BCUT2D eigenvalue weighted by molar-refractivity contribution is 5.93. The van der Waals surface area contributed by atoms with Crippen LogP contribution in [0.4, 0.5) is 0 Å². The van der Waals surface area contributed by atoms with Gasteiger partial charge in [0.15, 0.2) is 0 Å². The first-order chi connectivity index (χ1) is 8.92. The normalized spacial score (nSPS) is 11.2. The minimum Gasteiger partial charge on any atom is -0.494 e. The van der Waals surface area contributed by atoms with Gasteiger partial charge in [0.2, 0.25) is 0 Å². The Morgan fingerprint density at radius 3 is 2.37 bits per heavy atom. The van der Waals surface area contributed by atoms with Crippen LogP contribution < -0.4 is 15.6 Å². The SMILES string of the molecule is CCCCOc1ccc(C(=O)NNC(C)(C)C)cc1. The maximum Gasteiger partial charge on any atom is 0.265 e. The summed E-state index contributed by atoms with van der Waals surface area (Å²) >= 11 is 0. The first-order valence-corrected chi connectivity index (χ1v) is 6.73. The Bertz CT molecular complexity index is 394. The van der Waals surface area contributed by atoms with Crippen molar-refractivity contribution < 1.29 is 9.53 Å². The summed E-state index contributed by atoms with van der Waals surface area (Å²) < 4.78 is 5.55. The minimum absolute atomic E-state index is 0.143. The van der Waals surface area contributed by atoms with Crippen LogP contribution in [-0.2, 0) is 0 Å². The number of carbonyl (C=O) groups is 1. The Hall–Kier alpha value is -1.55. The second-order valence-corrected chi connectivity index (χ2v) is 5.56. The fourth-order valence-electron chi connectivity index (χ4n) is 1.35. The highest BCUT2D eigenvalue weighted by Gasteiger charge is 2.11. The molecule has 0 atom stereocenters. The molecule has 0 aliphatic heterocycles. The van der Waals surface area contributed by atoms with Gasteiger partial charge >= 0.3 is 0 Å². The third-order valence-electron chi connectivity index (χ3n) is 2.43. The quantitative estimate of drug-likeness (QED) is 0.613. The van der Waals surface area contributed by atoms with Gasteiger partial charge in [-0.15, -0.1) is 0 Å². The third kappa shape index (κ3) is 6.25. The average molecular weight is 264 g/mol. The number of benzene rings is 1. The summed E-state index contributed by atoms with van der Waals surface area (Å²) in [6, 6.07) is 7.17. The Morgan fingerprint density at radius 1 is 1.21 bits per heavy atom. The van der Waals surface area contributed by atoms with E-state index in [1.54, 1.807) is 12.1 Å². The molecule has 0 saturated carbocycles. The lowest BCUT2D eigenvalue weighted by atomic mass is 10.1. The van der Waals surface area contributed by atoms with Gasteiger partial charge in [-0.25, -0.2) is 5.43 Å². The number of unbranched alkanes of at least 4 members (excludes halogenated alkanes) is 1. The zero-order valence-corrected chi connectivity index (χ0v) is 12.2. The zero-order valence-electron chi connectivity index (χ0n) is 12.2. The standard InChI is InChI=1S/C15H24N2O2/c1-5-6-11-19-13-9-7-12(8-10-13)14(18)16-17-15(2,3)4/h7-10,17H,5-6,11H2,1-4H3,(H,16,18). The topological polar surface area (TPSA) is 50.4 Å². The number of carbonyl (C=O) groups excluding carboxylic acids is 1. The minimum atomic E-state index is -0.154. The maximum absolute atomic E-state index is 11.8. The number of amides is 1. The molecule has 19 heavy (non-hydrogen) atoms. The molecule has 0 aliphatic rings. The van der Waals surface area contributed by atoms with Crippen LogP contribution in [0.15, 0.2) is 24.3 Å². The summed E-state index contributed by atoms with van der Waals surface area (Å²) in [7, 11) is 0. The Labute approximate surface area is 115 Å². The molecule has 1 aromatic carbocycles. The van der Waals surface area contributed by atoms with Gasteiger partial charge in [-0.2, -0.15) is 0 Å². The van der Waals surface area contributed by atoms with Crippen molar-refractivity contribution in [3.05, 3.63) is 29.8 Å². The monoisotopic (exact) mass is 264 g/mol. The van der Waals surface area contributed by atoms with Crippen LogP contribution >= 0.6 is 0 Å². The Morgan fingerprint density at radius 2 is 1.84 bits per heavy atom. The summed E-state index contributed by atoms with van der Waals surface area (Å²) in [6.07, 6.45) is 2.15. The van der Waals surface area contributed by atoms with E-state index in [9.17, 15) is 4.79 Å². The van der Waals surface area contributed by atoms with E-state index in [0.29, 0.717) is 12.2 Å². The Balaban J connectivity index is 2.48. The molecule has 0 saturated heterocycles. The lowest BCUT2D eigenvalue weighted by Crippen LogP contribution is -2.48. The number of nitrogens with one attached hydrogen (secondary N) is 2. The number of hydrogen-bond donors (Lipinski definition) is 2. The fourth-order valence-corrected chi connectivity index (χ4v) is 1.35. The maximum atomic E-state index is 11.8. The fraction of sp³-hybridized carbons (Fsp3) is 0.533. The lowest BCUT2D eigenvalue weighted by Gasteiger charge is -2.20. The van der Waals surface area contributed by atoms with Crippen molar-refractivity contribution in [3.8, 4) is 5.75 Å². The molecule has 1 rings (SSSR count). The molecule has 0 bridgehead atoms. The van der Waals surface area contributed by atoms with Crippen molar-refractivity contribution in [1.29, 1.82) is 0 Å². The van der Waals surface area contributed by atoms with E-state index in [2.05, 4.69) is 17.8 Å². The van der Waals surface area contributed by atoms with Gasteiger partial charge in [-0.3, -0.25) is 10.2 Å². The van der Waals surface area contributed by atoms with Gasteiger partial charge in [0.25, 0.3) is 5.91 Å². The summed E-state index contributed by atoms with van der Waals surface area (Å²) in [5, 5.41) is 0. The largest absolute Gasteiger partial charge is 0.494 e. The molecule has 1 aromatic rings. The summed E-state index contributed by atoms with van der Waals surface area (Å²) in [4.78, 5) is 11.8. The predicted octanol–water partition coefficient (Wildman–Crippen LogP) is 2.90. The molecule has 0 aliphatic carbocycles. The van der Waals surface area contributed by atoms with E-state index in [0.717, 1.165) is 18.6 Å². The molecule has 4 nitrogen and oxygen atoms in total. The summed E-state index contributed by atoms with van der Waals surface area (Å²) in [6.45, 7) is 8.79. The van der Waals surface area contributed by atoms with E-state index in [-0.39, 0.29) is 11.4 Å². The average Bonchev–Trinajstić information content (AvgIpc) is 2.36. The molecule has 0 spiro atoms. The summed E-state index contributed by atoms with van der Waals surface area (Å²) in [5.74, 6) is 0.656. The highest BCUT2D eigenvalue weighted by atomic mass is 16.5. The van der Waals surface area contributed by atoms with E-state index < -0.39 is 0 Å². The van der Waals surface area contributed by atoms with Gasteiger partial charge in [0.1, 0.15) is 5.75 Å². The second-order valence-electron chi connectivity index (χ2n) is 5.56. The van der Waals surface area contributed by atoms with Gasteiger partial charge in [0.05, 0.1) is 6.61 Å². The molecule has 0 unspecified atom stereocenters. The van der Waals surface area contributed by atoms with Crippen LogP contribution in [0.5, 0.6) is 5.75 Å². The van der Waals surface area contributed by atoms with Crippen LogP contribution in [0.1, 0.15) is 50.9 Å². The molecule has 106 valence electrons. The smallest absolute Gasteiger partial charge is 0.265 e. The van der Waals surface area contributed by atoms with E-state index in [4.69, 9.17) is 4.74 Å². The molecule has 0 heterocycles. The summed E-state index contributed by atoms with van der Waals surface area (Å²) in [5.41, 5.74) is 6.08. The number of ether oxygens (including phenoxy) is 1.